The highest BCUT2D eigenvalue weighted by Gasteiger charge is 2.27. The summed E-state index contributed by atoms with van der Waals surface area (Å²) >= 11 is 0. The van der Waals surface area contributed by atoms with Gasteiger partial charge < -0.3 is 14.9 Å². The van der Waals surface area contributed by atoms with Crippen LogP contribution in [0.2, 0.25) is 0 Å². The average Bonchev–Trinajstić information content (AvgIpc) is 2.67. The van der Waals surface area contributed by atoms with Crippen molar-refractivity contribution in [2.24, 2.45) is 0 Å². The first-order chi connectivity index (χ1) is 10.0. The molecule has 1 aromatic carbocycles. The van der Waals surface area contributed by atoms with Gasteiger partial charge in [0.15, 0.2) is 0 Å². The molecule has 1 aliphatic heterocycles. The predicted molar refractivity (Wildman–Crippen MR) is 80.6 cm³/mol. The molecule has 5 heteroatoms. The third kappa shape index (κ3) is 3.61. The first-order valence-corrected chi connectivity index (χ1v) is 7.35. The molecule has 1 fully saturated rings. The summed E-state index contributed by atoms with van der Waals surface area (Å²) in [5.41, 5.74) is 0.610. The zero-order valence-corrected chi connectivity index (χ0v) is 12.6. The number of carbonyl (C=O) groups excluding carboxylic acids is 1. The van der Waals surface area contributed by atoms with Crippen LogP contribution < -0.4 is 0 Å². The number of aromatic carboxylic acids is 1. The van der Waals surface area contributed by atoms with Gasteiger partial charge >= 0.3 is 5.97 Å². The molecule has 1 atom stereocenters. The molecular formula is C16H22N2O3. The molecule has 5 nitrogen and oxygen atoms in total. The lowest BCUT2D eigenvalue weighted by Crippen LogP contribution is -2.43. The van der Waals surface area contributed by atoms with Gasteiger partial charge in [-0.2, -0.15) is 0 Å². The van der Waals surface area contributed by atoms with E-state index in [1.54, 1.807) is 12.1 Å². The van der Waals surface area contributed by atoms with Gasteiger partial charge in [0.05, 0.1) is 5.56 Å². The molecule has 2 rings (SSSR count). The Morgan fingerprint density at radius 3 is 2.67 bits per heavy atom. The van der Waals surface area contributed by atoms with Crippen molar-refractivity contribution in [1.82, 2.24) is 9.80 Å². The number of benzene rings is 1. The number of likely N-dealkylation sites (N-methyl/N-ethyl adjacent to an activating group) is 1. The monoisotopic (exact) mass is 290 g/mol. The lowest BCUT2D eigenvalue weighted by atomic mass is 10.1. The molecule has 1 amide bonds. The maximum atomic E-state index is 12.7. The zero-order chi connectivity index (χ0) is 15.4. The molecule has 1 saturated heterocycles. The molecule has 1 aromatic rings. The van der Waals surface area contributed by atoms with Crippen molar-refractivity contribution >= 4 is 11.9 Å². The van der Waals surface area contributed by atoms with Crippen LogP contribution >= 0.6 is 0 Å². The zero-order valence-electron chi connectivity index (χ0n) is 12.6. The topological polar surface area (TPSA) is 60.9 Å². The molecule has 1 heterocycles. The highest BCUT2D eigenvalue weighted by molar-refractivity contribution is 5.97. The summed E-state index contributed by atoms with van der Waals surface area (Å²) in [7, 11) is 2.07. The standard InChI is InChI=1S/C16H22N2O3/c1-3-14-11-17(2)8-5-9-18(14)15(19)12-6-4-7-13(10-12)16(20)21/h4,6-7,10,14H,3,5,8-9,11H2,1-2H3,(H,20,21). The van der Waals surface area contributed by atoms with Crippen molar-refractivity contribution in [2.75, 3.05) is 26.7 Å². The molecule has 0 spiro atoms. The van der Waals surface area contributed by atoms with Crippen LogP contribution in [-0.4, -0.2) is 59.5 Å². The minimum Gasteiger partial charge on any atom is -0.478 e. The molecule has 0 aliphatic carbocycles. The molecule has 1 unspecified atom stereocenters. The van der Waals surface area contributed by atoms with E-state index in [-0.39, 0.29) is 17.5 Å². The molecular weight excluding hydrogens is 268 g/mol. The van der Waals surface area contributed by atoms with Crippen molar-refractivity contribution in [3.8, 4) is 0 Å². The number of hydrogen-bond donors (Lipinski definition) is 1. The third-order valence-corrected chi connectivity index (χ3v) is 3.99. The van der Waals surface area contributed by atoms with Crippen LogP contribution in [0.15, 0.2) is 24.3 Å². The molecule has 0 bridgehead atoms. The Hall–Kier alpha value is -1.88. The van der Waals surface area contributed by atoms with Crippen molar-refractivity contribution in [1.29, 1.82) is 0 Å². The number of carbonyl (C=O) groups is 2. The maximum Gasteiger partial charge on any atom is 0.335 e. The van der Waals surface area contributed by atoms with Gasteiger partial charge in [-0.05, 0) is 44.6 Å². The van der Waals surface area contributed by atoms with Gasteiger partial charge in [-0.3, -0.25) is 4.79 Å². The van der Waals surface area contributed by atoms with Gasteiger partial charge in [-0.1, -0.05) is 13.0 Å². The highest BCUT2D eigenvalue weighted by Crippen LogP contribution is 2.17. The number of nitrogens with zero attached hydrogens (tertiary/aromatic N) is 2. The first-order valence-electron chi connectivity index (χ1n) is 7.35. The minimum atomic E-state index is -1.01. The summed E-state index contributed by atoms with van der Waals surface area (Å²) in [4.78, 5) is 27.9. The Kier molecular flexibility index (Phi) is 4.96. The van der Waals surface area contributed by atoms with Gasteiger partial charge in [-0.25, -0.2) is 4.79 Å². The summed E-state index contributed by atoms with van der Waals surface area (Å²) < 4.78 is 0. The first kappa shape index (κ1) is 15.5. The Morgan fingerprint density at radius 2 is 2.00 bits per heavy atom. The Bertz CT molecular complexity index is 530. The molecule has 1 N–H and O–H groups in total. The number of rotatable bonds is 3. The van der Waals surface area contributed by atoms with E-state index in [2.05, 4.69) is 18.9 Å². The lowest BCUT2D eigenvalue weighted by molar-refractivity contribution is 0.0675. The van der Waals surface area contributed by atoms with Gasteiger partial charge in [0.1, 0.15) is 0 Å². The minimum absolute atomic E-state index is 0.0692. The summed E-state index contributed by atoms with van der Waals surface area (Å²) in [6.45, 7) is 4.65. The van der Waals surface area contributed by atoms with Gasteiger partial charge in [0, 0.05) is 24.7 Å². The van der Waals surface area contributed by atoms with E-state index in [0.717, 1.165) is 32.5 Å². The largest absolute Gasteiger partial charge is 0.478 e. The summed E-state index contributed by atoms with van der Waals surface area (Å²) in [5.74, 6) is -1.08. The Morgan fingerprint density at radius 1 is 1.29 bits per heavy atom. The van der Waals surface area contributed by atoms with E-state index in [9.17, 15) is 9.59 Å². The summed E-state index contributed by atoms with van der Waals surface area (Å²) in [5, 5.41) is 9.05. The van der Waals surface area contributed by atoms with Crippen molar-refractivity contribution in [3.63, 3.8) is 0 Å². The van der Waals surface area contributed by atoms with Crippen molar-refractivity contribution in [2.45, 2.75) is 25.8 Å². The maximum absolute atomic E-state index is 12.7. The molecule has 0 aromatic heterocycles. The third-order valence-electron chi connectivity index (χ3n) is 3.99. The van der Waals surface area contributed by atoms with Crippen molar-refractivity contribution < 1.29 is 14.7 Å². The summed E-state index contributed by atoms with van der Waals surface area (Å²) in [6, 6.07) is 6.47. The number of hydrogen-bond acceptors (Lipinski definition) is 3. The van der Waals surface area contributed by atoms with E-state index in [0.29, 0.717) is 5.56 Å². The van der Waals surface area contributed by atoms with E-state index in [1.165, 1.54) is 12.1 Å². The average molecular weight is 290 g/mol. The van der Waals surface area contributed by atoms with Gasteiger partial charge in [0.2, 0.25) is 0 Å². The van der Waals surface area contributed by atoms with Crippen LogP contribution in [-0.2, 0) is 0 Å². The molecule has 21 heavy (non-hydrogen) atoms. The normalized spacial score (nSPS) is 20.1. The quantitative estimate of drug-likeness (QED) is 0.924. The lowest BCUT2D eigenvalue weighted by Gasteiger charge is -2.30. The summed E-state index contributed by atoms with van der Waals surface area (Å²) in [6.07, 6.45) is 1.84. The second-order valence-corrected chi connectivity index (χ2v) is 5.56. The molecule has 0 radical (unpaired) electrons. The van der Waals surface area contributed by atoms with Crippen LogP contribution in [0.4, 0.5) is 0 Å². The van der Waals surface area contributed by atoms with Crippen LogP contribution in [0.1, 0.15) is 40.5 Å². The van der Waals surface area contributed by atoms with E-state index in [1.807, 2.05) is 4.90 Å². The fraction of sp³-hybridized carbons (Fsp3) is 0.500. The number of amides is 1. The Labute approximate surface area is 125 Å². The number of carboxylic acid groups (broad SMARTS) is 1. The SMILES string of the molecule is CCC1CN(C)CCCN1C(=O)c1cccc(C(=O)O)c1. The second kappa shape index (κ2) is 6.72. The Balaban J connectivity index is 2.24. The second-order valence-electron chi connectivity index (χ2n) is 5.56. The molecule has 114 valence electrons. The smallest absolute Gasteiger partial charge is 0.335 e. The highest BCUT2D eigenvalue weighted by atomic mass is 16.4. The van der Waals surface area contributed by atoms with Gasteiger partial charge in [-0.15, -0.1) is 0 Å². The predicted octanol–water partition coefficient (Wildman–Crippen LogP) is 1.94. The fourth-order valence-corrected chi connectivity index (χ4v) is 2.81. The molecule has 1 aliphatic rings. The fourth-order valence-electron chi connectivity index (χ4n) is 2.81. The van der Waals surface area contributed by atoms with Gasteiger partial charge in [0.25, 0.3) is 5.91 Å². The van der Waals surface area contributed by atoms with Crippen LogP contribution in [0.25, 0.3) is 0 Å². The van der Waals surface area contributed by atoms with E-state index < -0.39 is 5.97 Å². The van der Waals surface area contributed by atoms with Crippen molar-refractivity contribution in [3.05, 3.63) is 35.4 Å². The number of carboxylic acids is 1. The van der Waals surface area contributed by atoms with E-state index in [4.69, 9.17) is 5.11 Å². The van der Waals surface area contributed by atoms with E-state index >= 15 is 0 Å². The molecule has 0 saturated carbocycles. The van der Waals surface area contributed by atoms with Crippen LogP contribution in [0.3, 0.4) is 0 Å². The van der Waals surface area contributed by atoms with Crippen LogP contribution in [0, 0.1) is 0 Å². The van der Waals surface area contributed by atoms with Crippen LogP contribution in [0.5, 0.6) is 0 Å².